The second kappa shape index (κ2) is 5.14. The lowest BCUT2D eigenvalue weighted by atomic mass is 10.3. The van der Waals surface area contributed by atoms with Crippen molar-refractivity contribution >= 4 is 22.8 Å². The standard InChI is InChI=1S/C12H17N3O2S/c1-8-4-10(14(3)13-8)6-15-7-11(5-12(15)17)18-9(2)16/h4,11H,5-7H2,1-3H3. The fourth-order valence-electron chi connectivity index (χ4n) is 2.21. The Hall–Kier alpha value is -1.30. The molecule has 1 unspecified atom stereocenters. The molecular formula is C12H17N3O2S. The molecule has 0 saturated carbocycles. The molecule has 0 aliphatic carbocycles. The number of aromatic nitrogens is 2. The second-order valence-electron chi connectivity index (χ2n) is 4.61. The Bertz CT molecular complexity index is 484. The average molecular weight is 267 g/mol. The molecule has 0 aromatic carbocycles. The highest BCUT2D eigenvalue weighted by Crippen LogP contribution is 2.25. The van der Waals surface area contributed by atoms with Gasteiger partial charge in [0.2, 0.25) is 5.91 Å². The van der Waals surface area contributed by atoms with E-state index in [9.17, 15) is 9.59 Å². The zero-order valence-corrected chi connectivity index (χ0v) is 11.7. The van der Waals surface area contributed by atoms with E-state index < -0.39 is 0 Å². The molecule has 1 atom stereocenters. The van der Waals surface area contributed by atoms with E-state index in [2.05, 4.69) is 5.10 Å². The zero-order chi connectivity index (χ0) is 13.3. The van der Waals surface area contributed by atoms with Crippen molar-refractivity contribution in [3.8, 4) is 0 Å². The number of carbonyl (C=O) groups is 2. The Labute approximate surface area is 111 Å². The van der Waals surface area contributed by atoms with E-state index in [0.717, 1.165) is 11.4 Å². The Morgan fingerprint density at radius 2 is 2.33 bits per heavy atom. The molecule has 1 aliphatic rings. The van der Waals surface area contributed by atoms with Crippen LogP contribution in [0.4, 0.5) is 0 Å². The average Bonchev–Trinajstić information content (AvgIpc) is 2.71. The number of aryl methyl sites for hydroxylation is 2. The van der Waals surface area contributed by atoms with Gasteiger partial charge in [0.25, 0.3) is 0 Å². The first-order valence-corrected chi connectivity index (χ1v) is 6.78. The van der Waals surface area contributed by atoms with Gasteiger partial charge in [-0.25, -0.2) is 0 Å². The molecule has 2 rings (SSSR count). The number of likely N-dealkylation sites (tertiary alicyclic amines) is 1. The monoisotopic (exact) mass is 267 g/mol. The molecule has 0 N–H and O–H groups in total. The van der Waals surface area contributed by atoms with Crippen LogP contribution in [0.5, 0.6) is 0 Å². The van der Waals surface area contributed by atoms with E-state index >= 15 is 0 Å². The van der Waals surface area contributed by atoms with Crippen LogP contribution in [0, 0.1) is 6.92 Å². The summed E-state index contributed by atoms with van der Waals surface area (Å²) in [5.41, 5.74) is 1.98. The topological polar surface area (TPSA) is 55.2 Å². The molecule has 1 aromatic rings. The van der Waals surface area contributed by atoms with Gasteiger partial charge in [0.1, 0.15) is 0 Å². The summed E-state index contributed by atoms with van der Waals surface area (Å²) >= 11 is 1.27. The van der Waals surface area contributed by atoms with Crippen molar-refractivity contribution in [3.05, 3.63) is 17.5 Å². The molecule has 1 aliphatic heterocycles. The van der Waals surface area contributed by atoms with Crippen LogP contribution in [0.3, 0.4) is 0 Å². The van der Waals surface area contributed by atoms with E-state index in [1.165, 1.54) is 11.8 Å². The van der Waals surface area contributed by atoms with Gasteiger partial charge < -0.3 is 4.90 Å². The minimum absolute atomic E-state index is 0.0750. The van der Waals surface area contributed by atoms with Crippen LogP contribution in [0.2, 0.25) is 0 Å². The Morgan fingerprint density at radius 3 is 2.89 bits per heavy atom. The van der Waals surface area contributed by atoms with Crippen molar-refractivity contribution in [2.75, 3.05) is 6.54 Å². The smallest absolute Gasteiger partial charge is 0.224 e. The fourth-order valence-corrected chi connectivity index (χ4v) is 3.16. The third-order valence-electron chi connectivity index (χ3n) is 2.96. The number of hydrogen-bond donors (Lipinski definition) is 0. The molecule has 1 saturated heterocycles. The van der Waals surface area contributed by atoms with Gasteiger partial charge in [-0.1, -0.05) is 11.8 Å². The van der Waals surface area contributed by atoms with Crippen molar-refractivity contribution in [1.82, 2.24) is 14.7 Å². The molecule has 98 valence electrons. The summed E-state index contributed by atoms with van der Waals surface area (Å²) in [4.78, 5) is 24.7. The number of rotatable bonds is 3. The second-order valence-corrected chi connectivity index (χ2v) is 6.09. The first-order valence-electron chi connectivity index (χ1n) is 5.90. The maximum atomic E-state index is 11.9. The Balaban J connectivity index is 2.00. The molecule has 1 fully saturated rings. The molecular weight excluding hydrogens is 250 g/mol. The van der Waals surface area contributed by atoms with Crippen LogP contribution in [0.15, 0.2) is 6.07 Å². The van der Waals surface area contributed by atoms with Gasteiger partial charge in [0.05, 0.1) is 17.9 Å². The zero-order valence-electron chi connectivity index (χ0n) is 10.8. The molecule has 18 heavy (non-hydrogen) atoms. The summed E-state index contributed by atoms with van der Waals surface area (Å²) < 4.78 is 1.80. The van der Waals surface area contributed by atoms with Crippen molar-refractivity contribution in [3.63, 3.8) is 0 Å². The quantitative estimate of drug-likeness (QED) is 0.823. The van der Waals surface area contributed by atoms with Crippen LogP contribution >= 0.6 is 11.8 Å². The van der Waals surface area contributed by atoms with Gasteiger partial charge in [-0.15, -0.1) is 0 Å². The first kappa shape index (κ1) is 13.1. The third-order valence-corrected chi connectivity index (χ3v) is 3.94. The largest absolute Gasteiger partial charge is 0.336 e. The molecule has 6 heteroatoms. The van der Waals surface area contributed by atoms with Crippen molar-refractivity contribution in [2.45, 2.75) is 32.1 Å². The maximum absolute atomic E-state index is 11.9. The van der Waals surface area contributed by atoms with Crippen molar-refractivity contribution in [2.24, 2.45) is 7.05 Å². The number of thioether (sulfide) groups is 1. The Kier molecular flexibility index (Phi) is 3.75. The van der Waals surface area contributed by atoms with E-state index in [0.29, 0.717) is 19.5 Å². The molecule has 1 amide bonds. The first-order chi connectivity index (χ1) is 8.45. The summed E-state index contributed by atoms with van der Waals surface area (Å²) in [5, 5.41) is 4.44. The van der Waals surface area contributed by atoms with Gasteiger partial charge in [0, 0.05) is 32.2 Å². The minimum Gasteiger partial charge on any atom is -0.336 e. The SMILES string of the molecule is CC(=O)SC1CC(=O)N(Cc2cc(C)nn2C)C1. The number of nitrogens with zero attached hydrogens (tertiary/aromatic N) is 3. The lowest BCUT2D eigenvalue weighted by molar-refractivity contribution is -0.128. The molecule has 2 heterocycles. The molecule has 0 spiro atoms. The van der Waals surface area contributed by atoms with Crippen LogP contribution in [-0.4, -0.2) is 37.5 Å². The summed E-state index contributed by atoms with van der Waals surface area (Å²) in [5.74, 6) is 0.118. The fraction of sp³-hybridized carbons (Fsp3) is 0.583. The Morgan fingerprint density at radius 1 is 1.61 bits per heavy atom. The van der Waals surface area contributed by atoms with Crippen LogP contribution in [0.25, 0.3) is 0 Å². The summed E-state index contributed by atoms with van der Waals surface area (Å²) in [6.45, 7) is 4.70. The predicted octanol–water partition coefficient (Wildman–Crippen LogP) is 1.11. The lowest BCUT2D eigenvalue weighted by Gasteiger charge is -2.16. The maximum Gasteiger partial charge on any atom is 0.224 e. The predicted molar refractivity (Wildman–Crippen MR) is 70.0 cm³/mol. The van der Waals surface area contributed by atoms with E-state index in [1.807, 2.05) is 20.0 Å². The lowest BCUT2D eigenvalue weighted by Crippen LogP contribution is -2.26. The molecule has 0 radical (unpaired) electrons. The van der Waals surface area contributed by atoms with Gasteiger partial charge in [-0.3, -0.25) is 14.3 Å². The van der Waals surface area contributed by atoms with Gasteiger partial charge in [-0.05, 0) is 13.0 Å². The molecule has 1 aromatic heterocycles. The highest BCUT2D eigenvalue weighted by Gasteiger charge is 2.31. The molecule has 5 nitrogen and oxygen atoms in total. The van der Waals surface area contributed by atoms with Crippen LogP contribution in [0.1, 0.15) is 24.7 Å². The minimum atomic E-state index is 0.0750. The van der Waals surface area contributed by atoms with E-state index in [1.54, 1.807) is 16.5 Å². The summed E-state index contributed by atoms with van der Waals surface area (Å²) in [6.07, 6.45) is 0.459. The normalized spacial score (nSPS) is 19.6. The van der Waals surface area contributed by atoms with Crippen molar-refractivity contribution in [1.29, 1.82) is 0 Å². The summed E-state index contributed by atoms with van der Waals surface area (Å²) in [6, 6.07) is 1.98. The van der Waals surface area contributed by atoms with Crippen LogP contribution < -0.4 is 0 Å². The number of amides is 1. The number of carbonyl (C=O) groups excluding carboxylic acids is 2. The highest BCUT2D eigenvalue weighted by molar-refractivity contribution is 8.14. The third kappa shape index (κ3) is 2.93. The van der Waals surface area contributed by atoms with Crippen molar-refractivity contribution < 1.29 is 9.59 Å². The van der Waals surface area contributed by atoms with Crippen LogP contribution in [-0.2, 0) is 23.2 Å². The highest BCUT2D eigenvalue weighted by atomic mass is 32.2. The van der Waals surface area contributed by atoms with Gasteiger partial charge in [0.15, 0.2) is 5.12 Å². The number of hydrogen-bond acceptors (Lipinski definition) is 4. The van der Waals surface area contributed by atoms with E-state index in [4.69, 9.17) is 0 Å². The summed E-state index contributed by atoms with van der Waals surface area (Å²) in [7, 11) is 1.88. The molecule has 0 bridgehead atoms. The van der Waals surface area contributed by atoms with E-state index in [-0.39, 0.29) is 16.3 Å². The van der Waals surface area contributed by atoms with Gasteiger partial charge >= 0.3 is 0 Å². The van der Waals surface area contributed by atoms with Gasteiger partial charge in [-0.2, -0.15) is 5.10 Å².